The minimum atomic E-state index is -2.90. The van der Waals surface area contributed by atoms with Crippen molar-refractivity contribution in [3.05, 3.63) is 66.0 Å². The first kappa shape index (κ1) is 23.2. The zero-order valence-corrected chi connectivity index (χ0v) is 19.1. The second-order valence-corrected chi connectivity index (χ2v) is 8.62. The van der Waals surface area contributed by atoms with Crippen LogP contribution in [-0.4, -0.2) is 47.8 Å². The minimum Gasteiger partial charge on any atom is -0.435 e. The topological polar surface area (TPSA) is 77.7 Å². The average molecular weight is 481 g/mol. The average Bonchev–Trinajstić information content (AvgIpc) is 3.26. The molecule has 2 aliphatic rings. The van der Waals surface area contributed by atoms with Gasteiger partial charge in [-0.1, -0.05) is 12.1 Å². The van der Waals surface area contributed by atoms with E-state index in [1.807, 2.05) is 23.1 Å². The molecule has 9 heteroatoms. The lowest BCUT2D eigenvalue weighted by Gasteiger charge is -2.22. The van der Waals surface area contributed by atoms with Crippen molar-refractivity contribution in [3.63, 3.8) is 0 Å². The molecule has 0 aliphatic carbocycles. The van der Waals surface area contributed by atoms with E-state index in [1.54, 1.807) is 0 Å². The molecule has 0 unspecified atom stereocenters. The Hall–Kier alpha value is -3.59. The number of anilines is 1. The maximum atomic E-state index is 13.2. The summed E-state index contributed by atoms with van der Waals surface area (Å²) in [6.07, 6.45) is 7.47. The van der Waals surface area contributed by atoms with E-state index < -0.39 is 6.61 Å². The molecule has 1 N–H and O–H groups in total. The first-order chi connectivity index (χ1) is 17.1. The van der Waals surface area contributed by atoms with Crippen molar-refractivity contribution >= 4 is 17.3 Å². The van der Waals surface area contributed by atoms with Gasteiger partial charge in [-0.15, -0.1) is 0 Å². The SMILES string of the molecule is O=C(Nc1ccc(OC(F)F)cc1)C1=NCCCc2ccc(-c3cnn(C4CCOCC4)c3)cc21. The van der Waals surface area contributed by atoms with Crippen LogP contribution in [0.1, 0.15) is 36.4 Å². The van der Waals surface area contributed by atoms with Crippen LogP contribution in [0.25, 0.3) is 11.1 Å². The van der Waals surface area contributed by atoms with Crippen molar-refractivity contribution in [1.29, 1.82) is 0 Å². The molecule has 3 aromatic rings. The van der Waals surface area contributed by atoms with Gasteiger partial charge in [0.05, 0.1) is 12.2 Å². The lowest BCUT2D eigenvalue weighted by Crippen LogP contribution is -2.24. The van der Waals surface area contributed by atoms with Gasteiger partial charge in [-0.25, -0.2) is 0 Å². The molecular formula is C26H26F2N4O3. The van der Waals surface area contributed by atoms with Crippen LogP contribution in [-0.2, 0) is 16.0 Å². The molecule has 0 radical (unpaired) electrons. The van der Waals surface area contributed by atoms with Crippen LogP contribution >= 0.6 is 0 Å². The number of fused-ring (bicyclic) bond motifs is 1. The summed E-state index contributed by atoms with van der Waals surface area (Å²) in [7, 11) is 0. The summed E-state index contributed by atoms with van der Waals surface area (Å²) in [6.45, 7) is -0.855. The monoisotopic (exact) mass is 480 g/mol. The highest BCUT2D eigenvalue weighted by Crippen LogP contribution is 2.28. The zero-order valence-electron chi connectivity index (χ0n) is 19.1. The van der Waals surface area contributed by atoms with Crippen molar-refractivity contribution < 1.29 is 23.0 Å². The van der Waals surface area contributed by atoms with Gasteiger partial charge in [-0.05, 0) is 67.1 Å². The van der Waals surface area contributed by atoms with E-state index in [0.29, 0.717) is 24.0 Å². The lowest BCUT2D eigenvalue weighted by atomic mass is 9.95. The summed E-state index contributed by atoms with van der Waals surface area (Å²) in [5, 5.41) is 7.40. The van der Waals surface area contributed by atoms with Crippen LogP contribution in [0.4, 0.5) is 14.5 Å². The summed E-state index contributed by atoms with van der Waals surface area (Å²) in [5.41, 5.74) is 4.66. The van der Waals surface area contributed by atoms with Crippen molar-refractivity contribution in [2.45, 2.75) is 38.3 Å². The molecule has 1 fully saturated rings. The number of nitrogens with one attached hydrogen (secondary N) is 1. The normalized spacial score (nSPS) is 16.4. The molecule has 2 aromatic carbocycles. The third-order valence-electron chi connectivity index (χ3n) is 6.29. The number of hydrogen-bond donors (Lipinski definition) is 1. The molecule has 0 bridgehead atoms. The number of nitrogens with zero attached hydrogens (tertiary/aromatic N) is 3. The molecule has 35 heavy (non-hydrogen) atoms. The first-order valence-corrected chi connectivity index (χ1v) is 11.7. The number of hydrogen-bond acceptors (Lipinski definition) is 5. The van der Waals surface area contributed by atoms with E-state index in [0.717, 1.165) is 61.2 Å². The van der Waals surface area contributed by atoms with Crippen molar-refractivity contribution in [2.24, 2.45) is 4.99 Å². The van der Waals surface area contributed by atoms with Gasteiger partial charge in [0.1, 0.15) is 11.5 Å². The van der Waals surface area contributed by atoms with Gasteiger partial charge in [0.25, 0.3) is 5.91 Å². The van der Waals surface area contributed by atoms with E-state index in [4.69, 9.17) is 4.74 Å². The Balaban J connectivity index is 1.37. The number of benzene rings is 2. The Morgan fingerprint density at radius 3 is 2.69 bits per heavy atom. The maximum Gasteiger partial charge on any atom is 0.387 e. The van der Waals surface area contributed by atoms with Crippen LogP contribution in [0, 0.1) is 0 Å². The first-order valence-electron chi connectivity index (χ1n) is 11.7. The molecule has 7 nitrogen and oxygen atoms in total. The van der Waals surface area contributed by atoms with Gasteiger partial charge in [-0.3, -0.25) is 14.5 Å². The largest absolute Gasteiger partial charge is 0.435 e. The third-order valence-corrected chi connectivity index (χ3v) is 6.29. The van der Waals surface area contributed by atoms with Gasteiger partial charge in [-0.2, -0.15) is 13.9 Å². The van der Waals surface area contributed by atoms with Crippen molar-refractivity contribution in [1.82, 2.24) is 9.78 Å². The third kappa shape index (κ3) is 5.40. The number of ether oxygens (including phenoxy) is 2. The molecule has 0 saturated carbocycles. The Morgan fingerprint density at radius 2 is 1.91 bits per heavy atom. The second kappa shape index (κ2) is 10.4. The summed E-state index contributed by atoms with van der Waals surface area (Å²) in [5.74, 6) is -0.313. The minimum absolute atomic E-state index is 0.0288. The van der Waals surface area contributed by atoms with E-state index in [2.05, 4.69) is 32.3 Å². The number of carbonyl (C=O) groups excluding carboxylic acids is 1. The molecule has 1 aromatic heterocycles. The number of aliphatic imine (C=N–C) groups is 1. The number of carbonyl (C=O) groups is 1. The number of amides is 1. The van der Waals surface area contributed by atoms with Gasteiger partial charge in [0, 0.05) is 42.8 Å². The van der Waals surface area contributed by atoms with Crippen LogP contribution in [0.3, 0.4) is 0 Å². The fourth-order valence-corrected chi connectivity index (χ4v) is 4.48. The summed E-state index contributed by atoms with van der Waals surface area (Å²) < 4.78 is 36.6. The smallest absolute Gasteiger partial charge is 0.387 e. The fraction of sp³-hybridized carbons (Fsp3) is 0.346. The van der Waals surface area contributed by atoms with Gasteiger partial charge in [0.2, 0.25) is 0 Å². The Morgan fingerprint density at radius 1 is 1.11 bits per heavy atom. The molecule has 0 atom stereocenters. The molecule has 182 valence electrons. The van der Waals surface area contributed by atoms with E-state index in [9.17, 15) is 13.6 Å². The highest BCUT2D eigenvalue weighted by atomic mass is 19.3. The predicted octanol–water partition coefficient (Wildman–Crippen LogP) is 4.88. The highest BCUT2D eigenvalue weighted by Gasteiger charge is 2.22. The number of rotatable bonds is 6. The summed E-state index contributed by atoms with van der Waals surface area (Å²) in [6, 6.07) is 12.3. The number of aryl methyl sites for hydroxylation is 1. The Bertz CT molecular complexity index is 1220. The predicted molar refractivity (Wildman–Crippen MR) is 128 cm³/mol. The van der Waals surface area contributed by atoms with Crippen molar-refractivity contribution in [2.75, 3.05) is 25.1 Å². The molecule has 3 heterocycles. The summed E-state index contributed by atoms with van der Waals surface area (Å²) in [4.78, 5) is 17.8. The Kier molecular flexibility index (Phi) is 6.85. The van der Waals surface area contributed by atoms with E-state index >= 15 is 0 Å². The summed E-state index contributed by atoms with van der Waals surface area (Å²) >= 11 is 0. The van der Waals surface area contributed by atoms with E-state index in [1.165, 1.54) is 24.3 Å². The fourth-order valence-electron chi connectivity index (χ4n) is 4.48. The molecule has 0 spiro atoms. The van der Waals surface area contributed by atoms with Crippen LogP contribution in [0.15, 0.2) is 59.9 Å². The molecular weight excluding hydrogens is 454 g/mol. The van der Waals surface area contributed by atoms with E-state index in [-0.39, 0.29) is 11.7 Å². The Labute approximate surface area is 201 Å². The van der Waals surface area contributed by atoms with Crippen molar-refractivity contribution in [3.8, 4) is 16.9 Å². The second-order valence-electron chi connectivity index (χ2n) is 8.62. The highest BCUT2D eigenvalue weighted by molar-refractivity contribution is 6.49. The zero-order chi connectivity index (χ0) is 24.2. The van der Waals surface area contributed by atoms with Crippen LogP contribution in [0.2, 0.25) is 0 Å². The van der Waals surface area contributed by atoms with Crippen LogP contribution in [0.5, 0.6) is 5.75 Å². The number of aromatic nitrogens is 2. The molecule has 1 saturated heterocycles. The molecule has 2 aliphatic heterocycles. The standard InChI is InChI=1S/C26H26F2N4O3/c27-26(28)35-22-7-5-20(6-8-22)31-25(33)24-23-14-18(4-3-17(23)2-1-11-29-24)19-15-30-32(16-19)21-9-12-34-13-10-21/h3-8,14-16,21,26H,1-2,9-13H2,(H,31,33). The lowest BCUT2D eigenvalue weighted by molar-refractivity contribution is -0.110. The van der Waals surface area contributed by atoms with Gasteiger partial charge < -0.3 is 14.8 Å². The van der Waals surface area contributed by atoms with Gasteiger partial charge >= 0.3 is 6.61 Å². The maximum absolute atomic E-state index is 13.2. The number of alkyl halides is 2. The van der Waals surface area contributed by atoms with Crippen LogP contribution < -0.4 is 10.1 Å². The molecule has 5 rings (SSSR count). The quantitative estimate of drug-likeness (QED) is 0.546. The molecule has 1 amide bonds. The van der Waals surface area contributed by atoms with Gasteiger partial charge in [0.15, 0.2) is 0 Å². The number of halogens is 2.